The smallest absolute Gasteiger partial charge is 0.432 e. The fraction of sp³-hybridized carbons (Fsp3) is 0.758. The number of rotatable bonds is 15. The van der Waals surface area contributed by atoms with Crippen molar-refractivity contribution in [1.82, 2.24) is 20.9 Å². The van der Waals surface area contributed by atoms with Crippen LogP contribution in [0.15, 0.2) is 11.6 Å². The second-order valence-electron chi connectivity index (χ2n) is 14.5. The first kappa shape index (κ1) is 38.5. The number of carbonyl (C=O) groups is 6. The normalized spacial score (nSPS) is 19.9. The minimum atomic E-state index is -1.11. The summed E-state index contributed by atoms with van der Waals surface area (Å²) in [5, 5.41) is 8.35. The Bertz CT molecular complexity index is 1150. The third-order valence-corrected chi connectivity index (χ3v) is 8.27. The van der Waals surface area contributed by atoms with Crippen molar-refractivity contribution in [2.75, 3.05) is 13.2 Å². The van der Waals surface area contributed by atoms with E-state index in [4.69, 9.17) is 15.2 Å². The third-order valence-electron chi connectivity index (χ3n) is 8.27. The summed E-state index contributed by atoms with van der Waals surface area (Å²) in [6, 6.07) is -4.22. The summed E-state index contributed by atoms with van der Waals surface area (Å²) in [6.45, 7) is 16.6. The molecule has 5 atom stereocenters. The number of nitrogens with one attached hydrogen (secondary N) is 3. The maximum Gasteiger partial charge on any atom is 0.508 e. The number of amides is 5. The summed E-state index contributed by atoms with van der Waals surface area (Å²) >= 11 is 0. The van der Waals surface area contributed by atoms with E-state index in [1.165, 1.54) is 4.90 Å². The van der Waals surface area contributed by atoms with E-state index >= 15 is 0 Å². The lowest BCUT2D eigenvalue weighted by molar-refractivity contribution is -0.144. The van der Waals surface area contributed by atoms with Gasteiger partial charge in [0.2, 0.25) is 17.6 Å². The van der Waals surface area contributed by atoms with Crippen LogP contribution in [0.2, 0.25) is 0 Å². The van der Waals surface area contributed by atoms with Crippen LogP contribution in [-0.2, 0) is 28.7 Å². The molecule has 0 spiro atoms. The van der Waals surface area contributed by atoms with E-state index in [-0.39, 0.29) is 37.0 Å². The van der Waals surface area contributed by atoms with Crippen LogP contribution >= 0.6 is 0 Å². The third kappa shape index (κ3) is 11.9. The predicted octanol–water partition coefficient (Wildman–Crippen LogP) is 3.20. The summed E-state index contributed by atoms with van der Waals surface area (Å²) in [5.74, 6) is -3.08. The highest BCUT2D eigenvalue weighted by atomic mass is 16.7. The molecule has 1 saturated heterocycles. The molecule has 1 saturated carbocycles. The van der Waals surface area contributed by atoms with E-state index in [1.807, 2.05) is 54.5 Å². The summed E-state index contributed by atoms with van der Waals surface area (Å²) < 4.78 is 10.2. The van der Waals surface area contributed by atoms with Crippen LogP contribution in [0.5, 0.6) is 0 Å². The van der Waals surface area contributed by atoms with Gasteiger partial charge in [-0.25, -0.2) is 9.59 Å². The number of urea groups is 1. The molecule has 0 aromatic heterocycles. The zero-order chi connectivity index (χ0) is 34.9. The van der Waals surface area contributed by atoms with Crippen LogP contribution < -0.4 is 21.7 Å². The molecule has 13 nitrogen and oxygen atoms in total. The average molecular weight is 650 g/mol. The Labute approximate surface area is 273 Å². The highest BCUT2D eigenvalue weighted by Gasteiger charge is 2.47. The van der Waals surface area contributed by atoms with Crippen molar-refractivity contribution in [1.29, 1.82) is 0 Å². The molecule has 5 N–H and O–H groups in total. The molecule has 1 aliphatic heterocycles. The number of hydrogen-bond acceptors (Lipinski definition) is 8. The first-order valence-corrected chi connectivity index (χ1v) is 16.3. The lowest BCUT2D eigenvalue weighted by Crippen LogP contribution is -2.61. The maximum absolute atomic E-state index is 14.2. The van der Waals surface area contributed by atoms with E-state index in [9.17, 15) is 28.8 Å². The van der Waals surface area contributed by atoms with E-state index in [0.717, 1.165) is 18.4 Å². The standard InChI is InChI=1S/C33H55N5O8/c1-18(2)10-13-22-14-15-38(25(22)29(41)35-23(16-21-11-12-21)26(39)28(34)40)30(42)27(33(7,8)9)37-31(43)36-24(19(3)4)17-45-32(44)46-20(5)6/h10,19-25,27H,11-17H2,1-9H3,(H2,34,40)(H,35,41)(H2,36,37,43)/t22-,23?,24+,25-,27+/m0/s1. The lowest BCUT2D eigenvalue weighted by Gasteiger charge is -2.37. The van der Waals surface area contributed by atoms with Gasteiger partial charge in [0.15, 0.2) is 0 Å². The monoisotopic (exact) mass is 649 g/mol. The zero-order valence-corrected chi connectivity index (χ0v) is 28.9. The highest BCUT2D eigenvalue weighted by Crippen LogP contribution is 2.35. The number of nitrogens with zero attached hydrogens (tertiary/aromatic N) is 1. The van der Waals surface area contributed by atoms with Crippen molar-refractivity contribution in [3.63, 3.8) is 0 Å². The molecule has 5 amide bonds. The molecule has 1 heterocycles. The van der Waals surface area contributed by atoms with Gasteiger partial charge in [-0.15, -0.1) is 0 Å². The van der Waals surface area contributed by atoms with Gasteiger partial charge >= 0.3 is 12.2 Å². The summed E-state index contributed by atoms with van der Waals surface area (Å²) in [6.07, 6.45) is 4.00. The Kier molecular flexibility index (Phi) is 14.1. The van der Waals surface area contributed by atoms with Crippen molar-refractivity contribution in [3.8, 4) is 0 Å². The molecule has 13 heteroatoms. The predicted molar refractivity (Wildman–Crippen MR) is 172 cm³/mol. The molecular weight excluding hydrogens is 594 g/mol. The molecular formula is C33H55N5O8. The van der Waals surface area contributed by atoms with Gasteiger partial charge in [0, 0.05) is 6.54 Å². The largest absolute Gasteiger partial charge is 0.508 e. The Morgan fingerprint density at radius 3 is 2.09 bits per heavy atom. The topological polar surface area (TPSA) is 186 Å². The van der Waals surface area contributed by atoms with Crippen molar-refractivity contribution >= 4 is 35.7 Å². The van der Waals surface area contributed by atoms with E-state index in [1.54, 1.807) is 13.8 Å². The molecule has 1 unspecified atom stereocenters. The first-order valence-electron chi connectivity index (χ1n) is 16.3. The van der Waals surface area contributed by atoms with E-state index in [0.29, 0.717) is 19.3 Å². The van der Waals surface area contributed by atoms with Crippen LogP contribution in [0.25, 0.3) is 0 Å². The Morgan fingerprint density at radius 1 is 0.957 bits per heavy atom. The van der Waals surface area contributed by atoms with Gasteiger partial charge in [-0.05, 0) is 70.1 Å². The SMILES string of the molecule is CC(C)=CC[C@H]1CCN(C(=O)[C@@H](NC(=O)N[C@H](COC(=O)OC(C)C)C(C)C)C(C)(C)C)[C@@H]1C(=O)NC(CC1CC1)C(=O)C(N)=O. The number of ether oxygens (including phenoxy) is 2. The van der Waals surface area contributed by atoms with E-state index in [2.05, 4.69) is 16.0 Å². The fourth-order valence-corrected chi connectivity index (χ4v) is 5.38. The molecule has 2 aliphatic rings. The van der Waals surface area contributed by atoms with Gasteiger partial charge in [-0.1, -0.05) is 59.1 Å². The molecule has 0 radical (unpaired) electrons. The van der Waals surface area contributed by atoms with Crippen LogP contribution in [0.4, 0.5) is 9.59 Å². The van der Waals surface area contributed by atoms with Crippen LogP contribution in [-0.4, -0.2) is 84.0 Å². The number of likely N-dealkylation sites (tertiary alicyclic amines) is 1. The zero-order valence-electron chi connectivity index (χ0n) is 28.9. The number of hydrogen-bond donors (Lipinski definition) is 4. The average Bonchev–Trinajstić information content (AvgIpc) is 3.65. The minimum Gasteiger partial charge on any atom is -0.432 e. The number of carbonyl (C=O) groups excluding carboxylic acids is 6. The number of allylic oxidation sites excluding steroid dienone is 2. The summed E-state index contributed by atoms with van der Waals surface area (Å²) in [4.78, 5) is 79.2. The molecule has 2 fully saturated rings. The summed E-state index contributed by atoms with van der Waals surface area (Å²) in [5.41, 5.74) is 5.60. The second kappa shape index (κ2) is 16.8. The lowest BCUT2D eigenvalue weighted by atomic mass is 9.85. The van der Waals surface area contributed by atoms with E-state index < -0.39 is 65.3 Å². The number of ketones is 1. The maximum atomic E-state index is 14.2. The first-order chi connectivity index (χ1) is 21.3. The highest BCUT2D eigenvalue weighted by molar-refractivity contribution is 6.37. The minimum absolute atomic E-state index is 0.115. The quantitative estimate of drug-likeness (QED) is 0.118. The Balaban J connectivity index is 2.29. The molecule has 0 aromatic carbocycles. The van der Waals surface area contributed by atoms with Gasteiger partial charge < -0.3 is 36.1 Å². The van der Waals surface area contributed by atoms with Crippen molar-refractivity contribution in [3.05, 3.63) is 11.6 Å². The van der Waals surface area contributed by atoms with Gasteiger partial charge in [0.25, 0.3) is 5.91 Å². The summed E-state index contributed by atoms with van der Waals surface area (Å²) in [7, 11) is 0. The number of Topliss-reactive ketones (excluding diaryl/α,β-unsaturated/α-hetero) is 1. The van der Waals surface area contributed by atoms with Gasteiger partial charge in [-0.3, -0.25) is 19.2 Å². The molecule has 260 valence electrons. The van der Waals surface area contributed by atoms with Crippen molar-refractivity contribution in [2.45, 2.75) is 125 Å². The molecule has 1 aliphatic carbocycles. The number of nitrogens with two attached hydrogens (primary N) is 1. The number of primary amides is 1. The second-order valence-corrected chi connectivity index (χ2v) is 14.5. The van der Waals surface area contributed by atoms with Gasteiger partial charge in [-0.2, -0.15) is 0 Å². The fourth-order valence-electron chi connectivity index (χ4n) is 5.38. The van der Waals surface area contributed by atoms with Crippen molar-refractivity contribution < 1.29 is 38.2 Å². The van der Waals surface area contributed by atoms with Crippen LogP contribution in [0, 0.1) is 23.2 Å². The molecule has 0 aromatic rings. The van der Waals surface area contributed by atoms with Gasteiger partial charge in [0.1, 0.15) is 18.7 Å². The molecule has 46 heavy (non-hydrogen) atoms. The molecule has 2 rings (SSSR count). The van der Waals surface area contributed by atoms with Crippen LogP contribution in [0.3, 0.4) is 0 Å². The Morgan fingerprint density at radius 2 is 1.59 bits per heavy atom. The van der Waals surface area contributed by atoms with Crippen molar-refractivity contribution in [2.24, 2.45) is 28.9 Å². The van der Waals surface area contributed by atoms with Gasteiger partial charge in [0.05, 0.1) is 18.2 Å². The molecule has 0 bridgehead atoms. The van der Waals surface area contributed by atoms with Crippen LogP contribution in [0.1, 0.15) is 94.4 Å². The Hall–Kier alpha value is -3.64.